The number of sulfonamides is 1. The standard InChI is InChI=1S/C24H31ClN4O3S3/c1-5-27(6-2)12-13-28(24-26-18-15-16(3)14-17(4)22(18)34-24)23(30)19-8-7-11-29(19)35(31,32)21-10-9-20(25)33-21/h9-10,14-15,19H,5-8,11-13H2,1-4H3. The van der Waals surface area contributed by atoms with Crippen molar-refractivity contribution in [2.45, 2.75) is 50.8 Å². The van der Waals surface area contributed by atoms with Crippen molar-refractivity contribution in [3.63, 3.8) is 0 Å². The van der Waals surface area contributed by atoms with Crippen LogP contribution in [0.4, 0.5) is 5.13 Å². The zero-order valence-electron chi connectivity index (χ0n) is 20.5. The molecule has 0 bridgehead atoms. The van der Waals surface area contributed by atoms with E-state index in [0.717, 1.165) is 45.8 Å². The number of hydrogen-bond donors (Lipinski definition) is 0. The lowest BCUT2D eigenvalue weighted by atomic mass is 10.1. The molecule has 0 saturated carbocycles. The largest absolute Gasteiger partial charge is 0.302 e. The van der Waals surface area contributed by atoms with Crippen molar-refractivity contribution in [2.75, 3.05) is 37.6 Å². The summed E-state index contributed by atoms with van der Waals surface area (Å²) in [5, 5.41) is 0.620. The lowest BCUT2D eigenvalue weighted by Gasteiger charge is -2.29. The van der Waals surface area contributed by atoms with Crippen LogP contribution in [-0.4, -0.2) is 67.3 Å². The zero-order chi connectivity index (χ0) is 25.3. The van der Waals surface area contributed by atoms with Crippen LogP contribution in [0.15, 0.2) is 28.5 Å². The van der Waals surface area contributed by atoms with E-state index in [2.05, 4.69) is 31.7 Å². The number of nitrogens with zero attached hydrogens (tertiary/aromatic N) is 4. The van der Waals surface area contributed by atoms with Gasteiger partial charge in [0.15, 0.2) is 5.13 Å². The molecule has 0 aliphatic carbocycles. The molecule has 0 radical (unpaired) electrons. The van der Waals surface area contributed by atoms with Crippen molar-refractivity contribution in [2.24, 2.45) is 0 Å². The van der Waals surface area contributed by atoms with Gasteiger partial charge in [-0.15, -0.1) is 11.3 Å². The summed E-state index contributed by atoms with van der Waals surface area (Å²) in [4.78, 5) is 22.8. The number of aromatic nitrogens is 1. The van der Waals surface area contributed by atoms with E-state index in [4.69, 9.17) is 16.6 Å². The third-order valence-electron chi connectivity index (χ3n) is 6.44. The zero-order valence-corrected chi connectivity index (χ0v) is 23.7. The average molecular weight is 555 g/mol. The molecule has 1 amide bonds. The van der Waals surface area contributed by atoms with Gasteiger partial charge in [0, 0.05) is 19.6 Å². The molecule has 190 valence electrons. The van der Waals surface area contributed by atoms with Gasteiger partial charge in [-0.1, -0.05) is 42.9 Å². The summed E-state index contributed by atoms with van der Waals surface area (Å²) in [5.74, 6) is -0.214. The molecule has 1 fully saturated rings. The van der Waals surface area contributed by atoms with Crippen molar-refractivity contribution in [3.8, 4) is 0 Å². The molecule has 4 rings (SSSR count). The number of rotatable bonds is 9. The minimum absolute atomic E-state index is 0.169. The van der Waals surface area contributed by atoms with Crippen LogP contribution in [0.2, 0.25) is 4.34 Å². The molecule has 2 aromatic heterocycles. The topological polar surface area (TPSA) is 73.8 Å². The van der Waals surface area contributed by atoms with Gasteiger partial charge in [-0.3, -0.25) is 9.69 Å². The molecular formula is C24H31ClN4O3S3. The lowest BCUT2D eigenvalue weighted by molar-refractivity contribution is -0.121. The first-order valence-electron chi connectivity index (χ1n) is 11.8. The summed E-state index contributed by atoms with van der Waals surface area (Å²) in [6.45, 7) is 11.5. The number of carbonyl (C=O) groups excluding carboxylic acids is 1. The molecule has 1 aliphatic heterocycles. The summed E-state index contributed by atoms with van der Waals surface area (Å²) < 4.78 is 29.8. The number of thiazole rings is 1. The number of aryl methyl sites for hydroxylation is 2. The summed E-state index contributed by atoms with van der Waals surface area (Å²) in [5.41, 5.74) is 3.11. The summed E-state index contributed by atoms with van der Waals surface area (Å²) in [6.07, 6.45) is 1.12. The SMILES string of the molecule is CCN(CC)CCN(C(=O)C1CCCN1S(=O)(=O)c1ccc(Cl)s1)c1nc2cc(C)cc(C)c2s1. The van der Waals surface area contributed by atoms with Crippen molar-refractivity contribution < 1.29 is 13.2 Å². The first-order chi connectivity index (χ1) is 16.6. The van der Waals surface area contributed by atoms with Gasteiger partial charge in [0.25, 0.3) is 10.0 Å². The predicted molar refractivity (Wildman–Crippen MR) is 145 cm³/mol. The molecule has 3 heterocycles. The first-order valence-corrected chi connectivity index (χ1v) is 15.3. The molecule has 1 saturated heterocycles. The van der Waals surface area contributed by atoms with Crippen LogP contribution in [0.25, 0.3) is 10.2 Å². The Morgan fingerprint density at radius 3 is 2.57 bits per heavy atom. The van der Waals surface area contributed by atoms with E-state index in [1.165, 1.54) is 21.7 Å². The Morgan fingerprint density at radius 2 is 1.91 bits per heavy atom. The Morgan fingerprint density at radius 1 is 1.17 bits per heavy atom. The van der Waals surface area contributed by atoms with E-state index in [0.29, 0.717) is 41.9 Å². The van der Waals surface area contributed by atoms with E-state index >= 15 is 0 Å². The highest BCUT2D eigenvalue weighted by molar-refractivity contribution is 7.91. The van der Waals surface area contributed by atoms with Crippen LogP contribution in [0, 0.1) is 13.8 Å². The van der Waals surface area contributed by atoms with Crippen molar-refractivity contribution in [1.82, 2.24) is 14.2 Å². The second-order valence-corrected chi connectivity index (χ2v) is 13.6. The number of amides is 1. The molecule has 7 nitrogen and oxygen atoms in total. The second-order valence-electron chi connectivity index (χ2n) is 8.78. The monoisotopic (exact) mass is 554 g/mol. The number of thiophene rings is 1. The number of fused-ring (bicyclic) bond motifs is 1. The maximum atomic E-state index is 14.0. The molecule has 1 atom stereocenters. The number of benzene rings is 1. The van der Waals surface area contributed by atoms with Crippen molar-refractivity contribution in [1.29, 1.82) is 0 Å². The minimum Gasteiger partial charge on any atom is -0.302 e. The van der Waals surface area contributed by atoms with Crippen LogP contribution in [-0.2, 0) is 14.8 Å². The molecule has 1 aliphatic rings. The molecule has 1 unspecified atom stereocenters. The van der Waals surface area contributed by atoms with E-state index in [1.54, 1.807) is 11.0 Å². The van der Waals surface area contributed by atoms with Gasteiger partial charge < -0.3 is 4.90 Å². The summed E-state index contributed by atoms with van der Waals surface area (Å²) in [7, 11) is -3.81. The average Bonchev–Trinajstić information content (AvgIpc) is 3.56. The fraction of sp³-hybridized carbons (Fsp3) is 0.500. The van der Waals surface area contributed by atoms with E-state index < -0.39 is 16.1 Å². The van der Waals surface area contributed by atoms with Crippen molar-refractivity contribution in [3.05, 3.63) is 39.7 Å². The third kappa shape index (κ3) is 5.42. The number of anilines is 1. The molecular weight excluding hydrogens is 524 g/mol. The maximum absolute atomic E-state index is 14.0. The lowest BCUT2D eigenvalue weighted by Crippen LogP contribution is -2.49. The Bertz CT molecular complexity index is 1320. The third-order valence-corrected chi connectivity index (χ3v) is 11.3. The fourth-order valence-electron chi connectivity index (χ4n) is 4.57. The van der Waals surface area contributed by atoms with Gasteiger partial charge in [-0.25, -0.2) is 13.4 Å². The van der Waals surface area contributed by atoms with Gasteiger partial charge in [0.2, 0.25) is 5.91 Å². The highest BCUT2D eigenvalue weighted by Crippen LogP contribution is 2.36. The van der Waals surface area contributed by atoms with Gasteiger partial charge in [0.1, 0.15) is 10.3 Å². The van der Waals surface area contributed by atoms with Gasteiger partial charge in [-0.05, 0) is 69.1 Å². The van der Waals surface area contributed by atoms with Gasteiger partial charge >= 0.3 is 0 Å². The van der Waals surface area contributed by atoms with Crippen LogP contribution in [0.3, 0.4) is 0 Å². The maximum Gasteiger partial charge on any atom is 0.253 e. The van der Waals surface area contributed by atoms with Crippen LogP contribution >= 0.6 is 34.3 Å². The summed E-state index contributed by atoms with van der Waals surface area (Å²) in [6, 6.07) is 6.48. The summed E-state index contributed by atoms with van der Waals surface area (Å²) >= 11 is 8.53. The Kier molecular flexibility index (Phi) is 8.19. The molecule has 11 heteroatoms. The smallest absolute Gasteiger partial charge is 0.253 e. The number of likely N-dealkylation sites (N-methyl/N-ethyl adjacent to an activating group) is 1. The minimum atomic E-state index is -3.81. The fourth-order valence-corrected chi connectivity index (χ4v) is 8.88. The molecule has 35 heavy (non-hydrogen) atoms. The Balaban J connectivity index is 1.70. The van der Waals surface area contributed by atoms with E-state index in [9.17, 15) is 13.2 Å². The van der Waals surface area contributed by atoms with E-state index in [-0.39, 0.29) is 10.1 Å². The van der Waals surface area contributed by atoms with Crippen LogP contribution in [0.1, 0.15) is 37.8 Å². The van der Waals surface area contributed by atoms with E-state index in [1.807, 2.05) is 13.0 Å². The second kappa shape index (κ2) is 10.8. The molecule has 0 spiro atoms. The van der Waals surface area contributed by atoms with Crippen LogP contribution in [0.5, 0.6) is 0 Å². The predicted octanol–water partition coefficient (Wildman–Crippen LogP) is 5.16. The molecule has 0 N–H and O–H groups in total. The molecule has 1 aromatic carbocycles. The highest BCUT2D eigenvalue weighted by atomic mass is 35.5. The Labute approximate surface area is 220 Å². The quantitative estimate of drug-likeness (QED) is 0.365. The van der Waals surface area contributed by atoms with Crippen LogP contribution < -0.4 is 4.90 Å². The number of hydrogen-bond acceptors (Lipinski definition) is 7. The van der Waals surface area contributed by atoms with Crippen molar-refractivity contribution >= 4 is 65.6 Å². The van der Waals surface area contributed by atoms with Gasteiger partial charge in [0.05, 0.1) is 14.6 Å². The van der Waals surface area contributed by atoms with Gasteiger partial charge in [-0.2, -0.15) is 4.31 Å². The Hall–Kier alpha value is -1.56. The molecule has 3 aromatic rings. The normalized spacial score (nSPS) is 17.0. The number of halogens is 1. The highest BCUT2D eigenvalue weighted by Gasteiger charge is 2.42. The number of carbonyl (C=O) groups is 1. The first kappa shape index (κ1) is 26.5.